The number of hydrogen-bond donors (Lipinski definition) is 2. The minimum atomic E-state index is -0.907. The van der Waals surface area contributed by atoms with E-state index in [4.69, 9.17) is 0 Å². The van der Waals surface area contributed by atoms with Crippen LogP contribution < -0.4 is 10.7 Å². The van der Waals surface area contributed by atoms with Gasteiger partial charge in [0.05, 0.1) is 11.8 Å². The number of benzene rings is 1. The highest BCUT2D eigenvalue weighted by Crippen LogP contribution is 2.33. The predicted molar refractivity (Wildman–Crippen MR) is 123 cm³/mol. The lowest BCUT2D eigenvalue weighted by atomic mass is 9.82. The molecule has 2 aromatic rings. The first-order chi connectivity index (χ1) is 16.2. The van der Waals surface area contributed by atoms with E-state index in [-0.39, 0.29) is 17.6 Å². The smallest absolute Gasteiger partial charge is 0.322 e. The van der Waals surface area contributed by atoms with Gasteiger partial charge in [-0.1, -0.05) is 31.0 Å². The zero-order valence-corrected chi connectivity index (χ0v) is 20.2. The molecule has 34 heavy (non-hydrogen) atoms. The van der Waals surface area contributed by atoms with Gasteiger partial charge in [0, 0.05) is 5.69 Å². The summed E-state index contributed by atoms with van der Waals surface area (Å²) in [5.41, 5.74) is 2.18. The number of aromatic nitrogens is 3. The molecule has 2 fully saturated rings. The summed E-state index contributed by atoms with van der Waals surface area (Å²) in [6.45, 7) is 1.96. The highest BCUT2D eigenvalue weighted by Gasteiger charge is 2.52. The Balaban J connectivity index is 1.48. The minimum Gasteiger partial charge on any atom is -0.322 e. The average Bonchev–Trinajstić information content (AvgIpc) is 3.33. The third-order valence-electron chi connectivity index (χ3n) is 6.33. The number of thioether (sulfide) groups is 1. The van der Waals surface area contributed by atoms with Crippen LogP contribution in [0.5, 0.6) is 0 Å². The van der Waals surface area contributed by atoms with Crippen LogP contribution in [0.3, 0.4) is 0 Å². The monoisotopic (exact) mass is 489 g/mol. The van der Waals surface area contributed by atoms with Gasteiger partial charge in [0.1, 0.15) is 11.4 Å². The topological polar surface area (TPSA) is 112 Å². The van der Waals surface area contributed by atoms with Crippen molar-refractivity contribution >= 4 is 29.6 Å². The van der Waals surface area contributed by atoms with Gasteiger partial charge in [0.2, 0.25) is 5.91 Å². The fourth-order valence-electron chi connectivity index (χ4n) is 4.21. The van der Waals surface area contributed by atoms with E-state index in [1.807, 2.05) is 25.9 Å². The molecule has 0 unspecified atom stereocenters. The summed E-state index contributed by atoms with van der Waals surface area (Å²) < 4.78 is 15.3. The SMILES string of the molecule is C[C@@H](c1nnc(SCC(=O)NN2C(=O)NC3(CCCCC3)C2=O)n1-c1ccc(F)cc1)N(C)C. The average molecular weight is 490 g/mol. The van der Waals surface area contributed by atoms with Crippen LogP contribution >= 0.6 is 11.8 Å². The summed E-state index contributed by atoms with van der Waals surface area (Å²) in [5.74, 6) is -0.756. The first-order valence-electron chi connectivity index (χ1n) is 11.2. The third-order valence-corrected chi connectivity index (χ3v) is 7.26. The van der Waals surface area contributed by atoms with E-state index in [2.05, 4.69) is 20.9 Å². The van der Waals surface area contributed by atoms with E-state index >= 15 is 0 Å². The number of rotatable bonds is 7. The zero-order valence-electron chi connectivity index (χ0n) is 19.4. The lowest BCUT2D eigenvalue weighted by molar-refractivity contribution is -0.139. The second-order valence-electron chi connectivity index (χ2n) is 8.83. The van der Waals surface area contributed by atoms with Crippen molar-refractivity contribution < 1.29 is 18.8 Å². The number of hydrogen-bond acceptors (Lipinski definition) is 7. The van der Waals surface area contributed by atoms with Gasteiger partial charge < -0.3 is 5.32 Å². The van der Waals surface area contributed by atoms with Gasteiger partial charge in [0.25, 0.3) is 5.91 Å². The van der Waals surface area contributed by atoms with Crippen molar-refractivity contribution in [1.82, 2.24) is 35.4 Å². The van der Waals surface area contributed by atoms with Crippen molar-refractivity contribution in [2.45, 2.75) is 55.8 Å². The summed E-state index contributed by atoms with van der Waals surface area (Å²) in [6.07, 6.45) is 3.89. The molecule has 0 radical (unpaired) electrons. The molecule has 1 aliphatic carbocycles. The second kappa shape index (κ2) is 9.71. The third kappa shape index (κ3) is 4.64. The lowest BCUT2D eigenvalue weighted by Crippen LogP contribution is -2.51. The highest BCUT2D eigenvalue weighted by atomic mass is 32.2. The molecular formula is C22H28FN7O3S. The van der Waals surface area contributed by atoms with Crippen LogP contribution in [0.1, 0.15) is 50.9 Å². The van der Waals surface area contributed by atoms with E-state index < -0.39 is 23.4 Å². The van der Waals surface area contributed by atoms with E-state index in [0.717, 1.165) is 36.0 Å². The Morgan fingerprint density at radius 1 is 1.21 bits per heavy atom. The molecule has 4 amide bonds. The Labute approximate surface area is 201 Å². The fourth-order valence-corrected chi connectivity index (χ4v) is 4.96. The number of carbonyl (C=O) groups is 3. The minimum absolute atomic E-state index is 0.0975. The molecular weight excluding hydrogens is 461 g/mol. The van der Waals surface area contributed by atoms with Gasteiger partial charge in [0.15, 0.2) is 11.0 Å². The standard InChI is InChI=1S/C22H28FN7O3S/c1-14(28(2)3)18-25-26-21(29(18)16-9-7-15(23)8-10-16)34-13-17(31)27-30-19(32)22(24-20(30)33)11-5-4-6-12-22/h7-10,14H,4-6,11-13H2,1-3H3,(H,24,33)(H,27,31)/t14-/m0/s1. The molecule has 10 nitrogen and oxygen atoms in total. The molecule has 1 saturated carbocycles. The van der Waals surface area contributed by atoms with E-state index in [0.29, 0.717) is 29.5 Å². The predicted octanol–water partition coefficient (Wildman–Crippen LogP) is 2.41. The van der Waals surface area contributed by atoms with Crippen LogP contribution in [-0.4, -0.2) is 67.9 Å². The van der Waals surface area contributed by atoms with Gasteiger partial charge in [-0.15, -0.1) is 10.2 Å². The molecule has 1 aliphatic heterocycles. The molecule has 2 N–H and O–H groups in total. The Hall–Kier alpha value is -2.99. The number of carbonyl (C=O) groups excluding carboxylic acids is 3. The summed E-state index contributed by atoms with van der Waals surface area (Å²) in [4.78, 5) is 39.9. The van der Waals surface area contributed by atoms with Crippen LogP contribution in [0.25, 0.3) is 5.69 Å². The Morgan fingerprint density at radius 2 is 1.88 bits per heavy atom. The molecule has 0 bridgehead atoms. The lowest BCUT2D eigenvalue weighted by Gasteiger charge is -2.30. The normalized spacial score (nSPS) is 18.4. The van der Waals surface area contributed by atoms with Crippen LogP contribution in [0.15, 0.2) is 29.4 Å². The summed E-state index contributed by atoms with van der Waals surface area (Å²) >= 11 is 1.11. The quantitative estimate of drug-likeness (QED) is 0.454. The number of nitrogens with one attached hydrogen (secondary N) is 2. The number of imide groups is 1. The Bertz CT molecular complexity index is 1080. The number of hydrazine groups is 1. The summed E-state index contributed by atoms with van der Waals surface area (Å²) in [5, 5.41) is 12.5. The molecule has 1 aromatic carbocycles. The molecule has 1 saturated heterocycles. The molecule has 1 aromatic heterocycles. The maximum Gasteiger partial charge on any atom is 0.344 e. The van der Waals surface area contributed by atoms with Gasteiger partial charge in [-0.25, -0.2) is 9.18 Å². The molecule has 4 rings (SSSR count). The molecule has 182 valence electrons. The molecule has 2 aliphatic rings. The molecule has 1 atom stereocenters. The second-order valence-corrected chi connectivity index (χ2v) is 9.77. The first-order valence-corrected chi connectivity index (χ1v) is 12.2. The number of nitrogens with zero attached hydrogens (tertiary/aromatic N) is 5. The molecule has 12 heteroatoms. The van der Waals surface area contributed by atoms with Crippen molar-refractivity contribution in [1.29, 1.82) is 0 Å². The Kier molecular flexibility index (Phi) is 6.89. The summed E-state index contributed by atoms with van der Waals surface area (Å²) in [7, 11) is 3.82. The fraction of sp³-hybridized carbons (Fsp3) is 0.500. The van der Waals surface area contributed by atoms with Crippen molar-refractivity contribution in [3.63, 3.8) is 0 Å². The van der Waals surface area contributed by atoms with Crippen molar-refractivity contribution in [2.75, 3.05) is 19.8 Å². The van der Waals surface area contributed by atoms with Crippen LogP contribution in [0.2, 0.25) is 0 Å². The largest absolute Gasteiger partial charge is 0.344 e. The molecule has 2 heterocycles. The maximum atomic E-state index is 13.5. The maximum absolute atomic E-state index is 13.5. The van der Waals surface area contributed by atoms with Crippen LogP contribution in [0, 0.1) is 5.82 Å². The van der Waals surface area contributed by atoms with Gasteiger partial charge >= 0.3 is 6.03 Å². The van der Waals surface area contributed by atoms with Gasteiger partial charge in [-0.05, 0) is 58.1 Å². The van der Waals surface area contributed by atoms with Crippen LogP contribution in [-0.2, 0) is 9.59 Å². The number of urea groups is 1. The molecule has 1 spiro atoms. The Morgan fingerprint density at radius 3 is 2.53 bits per heavy atom. The van der Waals surface area contributed by atoms with Gasteiger partial charge in [-0.2, -0.15) is 5.01 Å². The number of amides is 4. The number of halogens is 1. The van der Waals surface area contributed by atoms with Crippen molar-refractivity contribution in [3.8, 4) is 5.69 Å². The first kappa shape index (κ1) is 24.1. The van der Waals surface area contributed by atoms with Crippen LogP contribution in [0.4, 0.5) is 9.18 Å². The zero-order chi connectivity index (χ0) is 24.5. The van der Waals surface area contributed by atoms with E-state index in [9.17, 15) is 18.8 Å². The summed E-state index contributed by atoms with van der Waals surface area (Å²) in [6, 6.07) is 5.22. The van der Waals surface area contributed by atoms with E-state index in [1.54, 1.807) is 16.7 Å². The van der Waals surface area contributed by atoms with Crippen molar-refractivity contribution in [2.24, 2.45) is 0 Å². The van der Waals surface area contributed by atoms with Crippen molar-refractivity contribution in [3.05, 3.63) is 35.9 Å². The highest BCUT2D eigenvalue weighted by molar-refractivity contribution is 7.99. The van der Waals surface area contributed by atoms with E-state index in [1.165, 1.54) is 12.1 Å². The van der Waals surface area contributed by atoms with Gasteiger partial charge in [-0.3, -0.25) is 24.5 Å².